The zero-order valence-electron chi connectivity index (χ0n) is 15.3. The molecule has 3 rings (SSSR count). The molecule has 0 aliphatic carbocycles. The van der Waals surface area contributed by atoms with Crippen LogP contribution in [0.25, 0.3) is 20.2 Å². The highest BCUT2D eigenvalue weighted by Gasteiger charge is 2.19. The molecule has 0 atom stereocenters. The minimum atomic E-state index is 0.209. The van der Waals surface area contributed by atoms with Gasteiger partial charge in [-0.15, -0.1) is 11.3 Å². The van der Waals surface area contributed by atoms with Crippen molar-refractivity contribution in [2.24, 2.45) is 0 Å². The molecule has 0 saturated carbocycles. The minimum Gasteiger partial charge on any atom is -0.288 e. The van der Waals surface area contributed by atoms with Gasteiger partial charge >= 0.3 is 0 Å². The van der Waals surface area contributed by atoms with Gasteiger partial charge in [-0.2, -0.15) is 0 Å². The molecule has 2 aromatic carbocycles. The molecule has 0 aliphatic rings. The summed E-state index contributed by atoms with van der Waals surface area (Å²) in [5.41, 5.74) is 10.1. The predicted molar refractivity (Wildman–Crippen MR) is 103 cm³/mol. The van der Waals surface area contributed by atoms with E-state index in [-0.39, 0.29) is 5.43 Å². The predicted octanol–water partition coefficient (Wildman–Crippen LogP) is 5.88. The van der Waals surface area contributed by atoms with Crippen LogP contribution >= 0.6 is 11.3 Å². The second-order valence-corrected chi connectivity index (χ2v) is 7.86. The van der Waals surface area contributed by atoms with Crippen molar-refractivity contribution in [2.45, 2.75) is 55.4 Å². The first kappa shape index (κ1) is 16.2. The summed E-state index contributed by atoms with van der Waals surface area (Å²) in [4.78, 5) is 13.4. The Labute approximate surface area is 142 Å². The van der Waals surface area contributed by atoms with Gasteiger partial charge in [0.2, 0.25) is 0 Å². The lowest BCUT2D eigenvalue weighted by Gasteiger charge is -2.17. The smallest absolute Gasteiger partial charge is 0.196 e. The molecule has 0 bridgehead atoms. The summed E-state index contributed by atoms with van der Waals surface area (Å²) in [6.07, 6.45) is 0. The summed E-state index contributed by atoms with van der Waals surface area (Å²) in [7, 11) is 0. The van der Waals surface area contributed by atoms with Crippen molar-refractivity contribution in [3.63, 3.8) is 0 Å². The molecular weight excluding hydrogens is 300 g/mol. The Hall–Kier alpha value is -1.67. The van der Waals surface area contributed by atoms with Crippen molar-refractivity contribution in [2.75, 3.05) is 0 Å². The molecule has 120 valence electrons. The van der Waals surface area contributed by atoms with E-state index in [4.69, 9.17) is 0 Å². The fraction of sp³-hybridized carbons (Fsp3) is 0.381. The summed E-state index contributed by atoms with van der Waals surface area (Å²) in [5, 5.41) is 1.85. The molecule has 0 radical (unpaired) electrons. The van der Waals surface area contributed by atoms with Gasteiger partial charge in [-0.25, -0.2) is 0 Å². The van der Waals surface area contributed by atoms with Crippen LogP contribution in [0.1, 0.15) is 44.5 Å². The lowest BCUT2D eigenvalue weighted by atomic mass is 9.92. The molecule has 0 aliphatic heterocycles. The first-order chi connectivity index (χ1) is 10.7. The Morgan fingerprint density at radius 1 is 0.478 bits per heavy atom. The largest absolute Gasteiger partial charge is 0.288 e. The molecule has 0 fully saturated rings. The summed E-state index contributed by atoms with van der Waals surface area (Å²) in [6, 6.07) is 0. The summed E-state index contributed by atoms with van der Waals surface area (Å²) in [6.45, 7) is 17.1. The topological polar surface area (TPSA) is 17.1 Å². The highest BCUT2D eigenvalue weighted by Crippen LogP contribution is 2.37. The molecule has 0 amide bonds. The quantitative estimate of drug-likeness (QED) is 0.472. The number of rotatable bonds is 0. The normalized spacial score (nSPS) is 11.7. The highest BCUT2D eigenvalue weighted by molar-refractivity contribution is 7.25. The van der Waals surface area contributed by atoms with E-state index in [9.17, 15) is 4.79 Å². The van der Waals surface area contributed by atoms with Crippen molar-refractivity contribution in [1.82, 2.24) is 0 Å². The van der Waals surface area contributed by atoms with Crippen LogP contribution in [0.15, 0.2) is 4.79 Å². The first-order valence-corrected chi connectivity index (χ1v) is 8.93. The van der Waals surface area contributed by atoms with Crippen LogP contribution < -0.4 is 5.43 Å². The highest BCUT2D eigenvalue weighted by atomic mass is 32.1. The number of fused-ring (bicyclic) bond motifs is 2. The first-order valence-electron chi connectivity index (χ1n) is 8.11. The zero-order chi connectivity index (χ0) is 17.2. The second-order valence-electron chi connectivity index (χ2n) is 6.84. The van der Waals surface area contributed by atoms with E-state index in [2.05, 4.69) is 55.4 Å². The Balaban J connectivity index is 2.77. The third-order valence-corrected chi connectivity index (χ3v) is 7.35. The van der Waals surface area contributed by atoms with Crippen LogP contribution in [0.5, 0.6) is 0 Å². The number of hydrogen-bond donors (Lipinski definition) is 0. The van der Waals surface area contributed by atoms with E-state index in [0.717, 1.165) is 31.3 Å². The van der Waals surface area contributed by atoms with Gasteiger partial charge in [0, 0.05) is 20.2 Å². The summed E-state index contributed by atoms with van der Waals surface area (Å²) < 4.78 is 2.32. The average Bonchev–Trinajstić information content (AvgIpc) is 2.53. The van der Waals surface area contributed by atoms with E-state index in [1.54, 1.807) is 11.3 Å². The van der Waals surface area contributed by atoms with Gasteiger partial charge in [0.1, 0.15) is 0 Å². The van der Waals surface area contributed by atoms with Crippen LogP contribution in [0.4, 0.5) is 0 Å². The van der Waals surface area contributed by atoms with Crippen LogP contribution in [-0.4, -0.2) is 0 Å². The lowest BCUT2D eigenvalue weighted by Crippen LogP contribution is -2.09. The van der Waals surface area contributed by atoms with Crippen molar-refractivity contribution < 1.29 is 0 Å². The van der Waals surface area contributed by atoms with E-state index in [1.165, 1.54) is 33.4 Å². The summed E-state index contributed by atoms with van der Waals surface area (Å²) in [5.74, 6) is 0. The maximum atomic E-state index is 13.4. The molecule has 0 N–H and O–H groups in total. The van der Waals surface area contributed by atoms with E-state index >= 15 is 0 Å². The fourth-order valence-corrected chi connectivity index (χ4v) is 5.10. The third kappa shape index (κ3) is 2.01. The molecule has 2 heteroatoms. The number of aryl methyl sites for hydroxylation is 4. The van der Waals surface area contributed by atoms with Gasteiger partial charge in [-0.05, 0) is 99.9 Å². The van der Waals surface area contributed by atoms with Crippen molar-refractivity contribution in [3.05, 3.63) is 54.7 Å². The van der Waals surface area contributed by atoms with Gasteiger partial charge in [-0.1, -0.05) is 0 Å². The van der Waals surface area contributed by atoms with E-state index < -0.39 is 0 Å². The zero-order valence-corrected chi connectivity index (χ0v) is 16.1. The van der Waals surface area contributed by atoms with Crippen molar-refractivity contribution in [3.8, 4) is 0 Å². The lowest BCUT2D eigenvalue weighted by molar-refractivity contribution is 1.24. The van der Waals surface area contributed by atoms with Crippen molar-refractivity contribution in [1.29, 1.82) is 0 Å². The second kappa shape index (κ2) is 5.17. The molecule has 0 spiro atoms. The molecular formula is C21H24OS. The van der Waals surface area contributed by atoms with E-state index in [0.29, 0.717) is 0 Å². The maximum absolute atomic E-state index is 13.4. The van der Waals surface area contributed by atoms with Gasteiger partial charge in [0.05, 0.1) is 0 Å². The average molecular weight is 324 g/mol. The van der Waals surface area contributed by atoms with Gasteiger partial charge in [-0.3, -0.25) is 4.79 Å². The Kier molecular flexibility index (Phi) is 3.64. The van der Waals surface area contributed by atoms with Crippen LogP contribution in [0.3, 0.4) is 0 Å². The van der Waals surface area contributed by atoms with Crippen LogP contribution in [0, 0.1) is 55.4 Å². The Morgan fingerprint density at radius 2 is 0.783 bits per heavy atom. The molecule has 3 aromatic rings. The molecule has 1 heterocycles. The molecule has 1 aromatic heterocycles. The standard InChI is InChI=1S/C21H24OS/c1-9-11(3)15(7)20-17(13(9)5)19(22)18-14(6)10(2)12(4)16(8)21(18)23-20/h1-8H3. The van der Waals surface area contributed by atoms with Crippen LogP contribution in [-0.2, 0) is 0 Å². The summed E-state index contributed by atoms with van der Waals surface area (Å²) >= 11 is 1.79. The van der Waals surface area contributed by atoms with E-state index in [1.807, 2.05) is 0 Å². The van der Waals surface area contributed by atoms with Gasteiger partial charge in [0.15, 0.2) is 5.43 Å². The Morgan fingerprint density at radius 3 is 1.13 bits per heavy atom. The number of benzene rings is 2. The van der Waals surface area contributed by atoms with Gasteiger partial charge < -0.3 is 0 Å². The molecule has 1 nitrogen and oxygen atoms in total. The minimum absolute atomic E-state index is 0.209. The fourth-order valence-electron chi connectivity index (χ4n) is 3.59. The SMILES string of the molecule is Cc1c(C)c(C)c2c(=O)c3c(C)c(C)c(C)c(C)c3sc2c1C. The molecule has 0 unspecified atom stereocenters. The Bertz CT molecular complexity index is 971. The third-order valence-electron chi connectivity index (χ3n) is 5.92. The van der Waals surface area contributed by atoms with Gasteiger partial charge in [0.25, 0.3) is 0 Å². The maximum Gasteiger partial charge on any atom is 0.196 e. The monoisotopic (exact) mass is 324 g/mol. The molecule has 23 heavy (non-hydrogen) atoms. The number of hydrogen-bond acceptors (Lipinski definition) is 2. The van der Waals surface area contributed by atoms with Crippen molar-refractivity contribution >= 4 is 31.5 Å². The van der Waals surface area contributed by atoms with Crippen LogP contribution in [0.2, 0.25) is 0 Å². The molecule has 0 saturated heterocycles.